The van der Waals surface area contributed by atoms with Crippen LogP contribution in [0.15, 0.2) is 24.3 Å². The lowest BCUT2D eigenvalue weighted by atomic mass is 10.0. The second-order valence-electron chi connectivity index (χ2n) is 7.75. The number of rotatable bonds is 5. The van der Waals surface area contributed by atoms with Gasteiger partial charge in [-0.15, -0.1) is 0 Å². The van der Waals surface area contributed by atoms with E-state index in [1.807, 2.05) is 27.8 Å². The molecule has 3 rings (SSSR count). The number of carbonyl (C=O) groups is 2. The largest absolute Gasteiger partial charge is 0.335 e. The van der Waals surface area contributed by atoms with Gasteiger partial charge < -0.3 is 16.0 Å². The highest BCUT2D eigenvalue weighted by molar-refractivity contribution is 5.95. The van der Waals surface area contributed by atoms with Crippen LogP contribution in [0.5, 0.6) is 0 Å². The van der Waals surface area contributed by atoms with Crippen LogP contribution in [0.25, 0.3) is 0 Å². The molecule has 162 valence electrons. The van der Waals surface area contributed by atoms with E-state index in [4.69, 9.17) is 0 Å². The van der Waals surface area contributed by atoms with Gasteiger partial charge in [-0.1, -0.05) is 0 Å². The first-order valence-electron chi connectivity index (χ1n) is 10.1. The van der Waals surface area contributed by atoms with E-state index in [-0.39, 0.29) is 29.8 Å². The zero-order valence-electron chi connectivity index (χ0n) is 17.8. The number of urea groups is 1. The van der Waals surface area contributed by atoms with E-state index in [1.165, 1.54) is 24.3 Å². The van der Waals surface area contributed by atoms with Crippen molar-refractivity contribution in [3.05, 3.63) is 41.5 Å². The predicted molar refractivity (Wildman–Crippen MR) is 114 cm³/mol. The molecular formula is C21H29FN6O2. The highest BCUT2D eigenvalue weighted by Crippen LogP contribution is 2.20. The summed E-state index contributed by atoms with van der Waals surface area (Å²) in [6, 6.07) is 5.07. The predicted octanol–water partition coefficient (Wildman–Crippen LogP) is 2.79. The number of halogens is 1. The number of likely N-dealkylation sites (tertiary alicyclic amines) is 1. The second-order valence-corrected chi connectivity index (χ2v) is 7.75. The summed E-state index contributed by atoms with van der Waals surface area (Å²) in [6.07, 6.45) is 1.50. The Hall–Kier alpha value is -2.94. The topological polar surface area (TPSA) is 91.3 Å². The third-order valence-electron chi connectivity index (χ3n) is 5.65. The molecule has 30 heavy (non-hydrogen) atoms. The molecule has 0 spiro atoms. The summed E-state index contributed by atoms with van der Waals surface area (Å²) in [4.78, 5) is 27.0. The number of carbonyl (C=O) groups excluding carboxylic acids is 2. The zero-order chi connectivity index (χ0) is 21.8. The van der Waals surface area contributed by atoms with Crippen molar-refractivity contribution in [2.45, 2.75) is 45.7 Å². The minimum absolute atomic E-state index is 0.0276. The summed E-state index contributed by atoms with van der Waals surface area (Å²) < 4.78 is 14.7. The second kappa shape index (κ2) is 9.25. The number of piperidine rings is 1. The fourth-order valence-corrected chi connectivity index (χ4v) is 3.66. The van der Waals surface area contributed by atoms with Gasteiger partial charge in [0.1, 0.15) is 5.82 Å². The van der Waals surface area contributed by atoms with Gasteiger partial charge in [0.25, 0.3) is 0 Å². The maximum absolute atomic E-state index is 13.0. The number of benzene rings is 1. The molecule has 1 unspecified atom stereocenters. The van der Waals surface area contributed by atoms with Crippen molar-refractivity contribution in [1.29, 1.82) is 0 Å². The van der Waals surface area contributed by atoms with Crippen LogP contribution in [-0.2, 0) is 11.8 Å². The molecule has 0 radical (unpaired) electrons. The van der Waals surface area contributed by atoms with Gasteiger partial charge in [0.05, 0.1) is 23.1 Å². The number of nitrogens with one attached hydrogen (secondary N) is 3. The van der Waals surface area contributed by atoms with E-state index in [2.05, 4.69) is 25.9 Å². The summed E-state index contributed by atoms with van der Waals surface area (Å²) in [7, 11) is 1.85. The lowest BCUT2D eigenvalue weighted by molar-refractivity contribution is -0.121. The molecule has 9 heteroatoms. The quantitative estimate of drug-likeness (QED) is 0.699. The molecule has 3 amide bonds. The number of anilines is 2. The lowest BCUT2D eigenvalue weighted by Crippen LogP contribution is -2.51. The summed E-state index contributed by atoms with van der Waals surface area (Å²) in [5, 5.41) is 13.0. The average molecular weight is 417 g/mol. The molecule has 1 aliphatic heterocycles. The Morgan fingerprint density at radius 1 is 1.13 bits per heavy atom. The molecule has 0 bridgehead atoms. The number of nitrogens with zero attached hydrogens (tertiary/aromatic N) is 3. The van der Waals surface area contributed by atoms with E-state index in [0.29, 0.717) is 18.8 Å². The fourth-order valence-electron chi connectivity index (χ4n) is 3.66. The van der Waals surface area contributed by atoms with Crippen molar-refractivity contribution < 1.29 is 14.0 Å². The molecule has 0 aliphatic carbocycles. The van der Waals surface area contributed by atoms with Crippen LogP contribution in [0.4, 0.5) is 20.6 Å². The molecule has 1 saturated heterocycles. The average Bonchev–Trinajstić information content (AvgIpc) is 2.95. The number of amides is 3. The Morgan fingerprint density at radius 2 is 1.77 bits per heavy atom. The molecular weight excluding hydrogens is 387 g/mol. The third-order valence-corrected chi connectivity index (χ3v) is 5.65. The van der Waals surface area contributed by atoms with Gasteiger partial charge in [-0.05, 0) is 57.9 Å². The van der Waals surface area contributed by atoms with Gasteiger partial charge in [0.15, 0.2) is 0 Å². The fraction of sp³-hybridized carbons (Fsp3) is 0.476. The first-order chi connectivity index (χ1) is 14.2. The highest BCUT2D eigenvalue weighted by Gasteiger charge is 2.28. The summed E-state index contributed by atoms with van der Waals surface area (Å²) in [5.41, 5.74) is 3.02. The molecule has 3 N–H and O–H groups in total. The van der Waals surface area contributed by atoms with E-state index < -0.39 is 0 Å². The van der Waals surface area contributed by atoms with E-state index in [0.717, 1.165) is 29.9 Å². The number of aryl methyl sites for hydroxylation is 2. The van der Waals surface area contributed by atoms with E-state index in [9.17, 15) is 14.0 Å². The first-order valence-corrected chi connectivity index (χ1v) is 10.1. The smallest absolute Gasteiger partial charge is 0.319 e. The van der Waals surface area contributed by atoms with Crippen LogP contribution in [0.1, 0.15) is 31.2 Å². The maximum atomic E-state index is 13.0. The van der Waals surface area contributed by atoms with Crippen molar-refractivity contribution in [1.82, 2.24) is 20.0 Å². The van der Waals surface area contributed by atoms with Gasteiger partial charge in [-0.2, -0.15) is 5.10 Å². The summed E-state index contributed by atoms with van der Waals surface area (Å²) >= 11 is 0. The van der Waals surface area contributed by atoms with Crippen molar-refractivity contribution in [2.24, 2.45) is 7.05 Å². The maximum Gasteiger partial charge on any atom is 0.319 e. The van der Waals surface area contributed by atoms with Crippen LogP contribution in [0, 0.1) is 19.7 Å². The highest BCUT2D eigenvalue weighted by atomic mass is 19.1. The normalized spacial score (nSPS) is 16.2. The molecule has 1 fully saturated rings. The van der Waals surface area contributed by atoms with Crippen molar-refractivity contribution >= 4 is 23.3 Å². The number of hydrogen-bond acceptors (Lipinski definition) is 4. The van der Waals surface area contributed by atoms with Gasteiger partial charge in [0.2, 0.25) is 5.91 Å². The molecule has 1 atom stereocenters. The van der Waals surface area contributed by atoms with Gasteiger partial charge in [-0.3, -0.25) is 14.4 Å². The minimum Gasteiger partial charge on any atom is -0.335 e. The van der Waals surface area contributed by atoms with Gasteiger partial charge >= 0.3 is 6.03 Å². The molecule has 2 heterocycles. The molecule has 1 aromatic carbocycles. The standard InChI is InChI=1S/C21H29FN6O2/c1-13-19(14(2)27(4)26-13)25-20(29)15(3)28-11-9-18(10-12-28)24-21(30)23-17-7-5-16(22)6-8-17/h5-8,15,18H,9-12H2,1-4H3,(H,25,29)(H2,23,24,30). The first kappa shape index (κ1) is 21.8. The van der Waals surface area contributed by atoms with Crippen molar-refractivity contribution in [3.8, 4) is 0 Å². The van der Waals surface area contributed by atoms with E-state index >= 15 is 0 Å². The van der Waals surface area contributed by atoms with Crippen LogP contribution < -0.4 is 16.0 Å². The van der Waals surface area contributed by atoms with Crippen LogP contribution in [0.2, 0.25) is 0 Å². The molecule has 8 nitrogen and oxygen atoms in total. The number of hydrogen-bond donors (Lipinski definition) is 3. The summed E-state index contributed by atoms with van der Waals surface area (Å²) in [6.45, 7) is 7.11. The van der Waals surface area contributed by atoms with Crippen LogP contribution >= 0.6 is 0 Å². The summed E-state index contributed by atoms with van der Waals surface area (Å²) in [5.74, 6) is -0.407. The minimum atomic E-state index is -0.347. The molecule has 1 aliphatic rings. The van der Waals surface area contributed by atoms with Gasteiger partial charge in [0, 0.05) is 31.9 Å². The van der Waals surface area contributed by atoms with Crippen molar-refractivity contribution in [2.75, 3.05) is 23.7 Å². The van der Waals surface area contributed by atoms with Crippen molar-refractivity contribution in [3.63, 3.8) is 0 Å². The monoisotopic (exact) mass is 416 g/mol. The molecule has 0 saturated carbocycles. The Morgan fingerprint density at radius 3 is 2.33 bits per heavy atom. The Balaban J connectivity index is 1.46. The van der Waals surface area contributed by atoms with Crippen LogP contribution in [-0.4, -0.2) is 51.8 Å². The number of aromatic nitrogens is 2. The van der Waals surface area contributed by atoms with Crippen LogP contribution in [0.3, 0.4) is 0 Å². The lowest BCUT2D eigenvalue weighted by Gasteiger charge is -2.35. The SMILES string of the molecule is Cc1nn(C)c(C)c1NC(=O)C(C)N1CCC(NC(=O)Nc2ccc(F)cc2)CC1. The Labute approximate surface area is 175 Å². The van der Waals surface area contributed by atoms with E-state index in [1.54, 1.807) is 4.68 Å². The third kappa shape index (κ3) is 5.15. The zero-order valence-corrected chi connectivity index (χ0v) is 17.8. The van der Waals surface area contributed by atoms with Gasteiger partial charge in [-0.25, -0.2) is 9.18 Å². The molecule has 2 aromatic rings. The molecule has 1 aromatic heterocycles. The Bertz CT molecular complexity index is 903. The Kier molecular flexibility index (Phi) is 6.71.